The van der Waals surface area contributed by atoms with Crippen LogP contribution in [-0.2, 0) is 32.6 Å². The number of carbonyl (C=O) groups is 2. The van der Waals surface area contributed by atoms with E-state index in [1.165, 1.54) is 24.1 Å². The van der Waals surface area contributed by atoms with E-state index in [1.807, 2.05) is 37.3 Å². The van der Waals surface area contributed by atoms with Gasteiger partial charge in [-0.1, -0.05) is 72.6 Å². The lowest BCUT2D eigenvalue weighted by Gasteiger charge is -2.33. The predicted octanol–water partition coefficient (Wildman–Crippen LogP) is 4.93. The normalized spacial score (nSPS) is 11.9. The summed E-state index contributed by atoms with van der Waals surface area (Å²) in [5.41, 5.74) is 1.65. The van der Waals surface area contributed by atoms with Gasteiger partial charge in [-0.25, -0.2) is 8.42 Å². The molecule has 1 atom stereocenters. The molecule has 11 heteroatoms. The fourth-order valence-corrected chi connectivity index (χ4v) is 5.43. The van der Waals surface area contributed by atoms with Crippen LogP contribution >= 0.6 is 23.2 Å². The zero-order valence-electron chi connectivity index (χ0n) is 22.6. The first kappa shape index (κ1) is 31.3. The third kappa shape index (κ3) is 8.61. The summed E-state index contributed by atoms with van der Waals surface area (Å²) < 4.78 is 32.2. The molecule has 0 aliphatic rings. The molecule has 1 unspecified atom stereocenters. The molecule has 0 saturated heterocycles. The number of halogens is 2. The number of hydrogen-bond acceptors (Lipinski definition) is 5. The Hall–Kier alpha value is -3.27. The smallest absolute Gasteiger partial charge is 0.244 e. The van der Waals surface area contributed by atoms with E-state index < -0.39 is 28.5 Å². The van der Waals surface area contributed by atoms with Crippen LogP contribution in [0, 0.1) is 0 Å². The number of anilines is 1. The summed E-state index contributed by atoms with van der Waals surface area (Å²) in [5, 5.41) is 3.64. The molecule has 0 radical (unpaired) electrons. The number of benzene rings is 3. The fraction of sp³-hybridized carbons (Fsp3) is 0.310. The first-order chi connectivity index (χ1) is 19.0. The monoisotopic (exact) mass is 605 g/mol. The second kappa shape index (κ2) is 14.4. The van der Waals surface area contributed by atoms with Crippen LogP contribution in [0.4, 0.5) is 5.69 Å². The van der Waals surface area contributed by atoms with Gasteiger partial charge in [0.05, 0.1) is 19.1 Å². The average Bonchev–Trinajstić information content (AvgIpc) is 2.92. The van der Waals surface area contributed by atoms with E-state index in [0.29, 0.717) is 23.6 Å². The van der Waals surface area contributed by atoms with E-state index in [4.69, 9.17) is 27.9 Å². The molecule has 8 nitrogen and oxygen atoms in total. The lowest BCUT2D eigenvalue weighted by atomic mass is 10.0. The van der Waals surface area contributed by atoms with Gasteiger partial charge in [-0.2, -0.15) is 0 Å². The zero-order chi connectivity index (χ0) is 29.3. The minimum absolute atomic E-state index is 0.0285. The molecule has 0 fully saturated rings. The highest BCUT2D eigenvalue weighted by molar-refractivity contribution is 7.92. The maximum Gasteiger partial charge on any atom is 0.244 e. The molecule has 40 heavy (non-hydrogen) atoms. The Balaban J connectivity index is 2.08. The van der Waals surface area contributed by atoms with E-state index in [9.17, 15) is 18.0 Å². The third-order valence-electron chi connectivity index (χ3n) is 6.15. The molecular weight excluding hydrogens is 573 g/mol. The number of sulfonamides is 1. The van der Waals surface area contributed by atoms with Gasteiger partial charge in [-0.3, -0.25) is 13.9 Å². The van der Waals surface area contributed by atoms with Crippen LogP contribution < -0.4 is 14.4 Å². The van der Waals surface area contributed by atoms with Crippen LogP contribution in [0.1, 0.15) is 24.5 Å². The maximum absolute atomic E-state index is 14.1. The highest BCUT2D eigenvalue weighted by Gasteiger charge is 2.33. The van der Waals surface area contributed by atoms with Crippen molar-refractivity contribution in [1.82, 2.24) is 10.2 Å². The Morgan fingerprint density at radius 1 is 0.950 bits per heavy atom. The van der Waals surface area contributed by atoms with E-state index in [0.717, 1.165) is 16.1 Å². The summed E-state index contributed by atoms with van der Waals surface area (Å²) in [7, 11) is -2.57. The van der Waals surface area contributed by atoms with Crippen molar-refractivity contribution in [1.29, 1.82) is 0 Å². The SMILES string of the molecule is CCCNC(=O)C(Cc1ccccc1)N(Cc1cccc(Cl)c1)C(=O)CN(c1cc(Cl)ccc1OC)S(C)(=O)=O. The van der Waals surface area contributed by atoms with Crippen molar-refractivity contribution < 1.29 is 22.7 Å². The lowest BCUT2D eigenvalue weighted by molar-refractivity contribution is -0.140. The molecule has 0 aliphatic heterocycles. The van der Waals surface area contributed by atoms with Gasteiger partial charge in [0.2, 0.25) is 21.8 Å². The van der Waals surface area contributed by atoms with Gasteiger partial charge in [-0.15, -0.1) is 0 Å². The van der Waals surface area contributed by atoms with Crippen molar-refractivity contribution in [2.45, 2.75) is 32.4 Å². The molecule has 3 rings (SSSR count). The minimum atomic E-state index is -3.97. The van der Waals surface area contributed by atoms with Crippen LogP contribution in [0.3, 0.4) is 0 Å². The number of carbonyl (C=O) groups excluding carboxylic acids is 2. The van der Waals surface area contributed by atoms with E-state index in [1.54, 1.807) is 30.3 Å². The van der Waals surface area contributed by atoms with Gasteiger partial charge in [0.15, 0.2) is 0 Å². The van der Waals surface area contributed by atoms with Crippen LogP contribution in [0.5, 0.6) is 5.75 Å². The van der Waals surface area contributed by atoms with E-state index >= 15 is 0 Å². The zero-order valence-corrected chi connectivity index (χ0v) is 25.0. The van der Waals surface area contributed by atoms with E-state index in [-0.39, 0.29) is 35.3 Å². The second-order valence-electron chi connectivity index (χ2n) is 9.23. The Kier molecular flexibility index (Phi) is 11.2. The number of nitrogens with one attached hydrogen (secondary N) is 1. The quantitative estimate of drug-likeness (QED) is 0.298. The molecule has 214 valence electrons. The molecule has 0 bridgehead atoms. The Morgan fingerprint density at radius 3 is 2.25 bits per heavy atom. The number of rotatable bonds is 13. The molecule has 3 aromatic carbocycles. The summed E-state index contributed by atoms with van der Waals surface area (Å²) in [6.07, 6.45) is 1.93. The van der Waals surface area contributed by atoms with Crippen LogP contribution in [0.25, 0.3) is 0 Å². The molecule has 3 aromatic rings. The topological polar surface area (TPSA) is 96.0 Å². The molecule has 2 amide bonds. The molecule has 1 N–H and O–H groups in total. The van der Waals surface area contributed by atoms with Gasteiger partial charge in [0.1, 0.15) is 18.3 Å². The van der Waals surface area contributed by atoms with Crippen LogP contribution in [0.15, 0.2) is 72.8 Å². The minimum Gasteiger partial charge on any atom is -0.495 e. The highest BCUT2D eigenvalue weighted by atomic mass is 35.5. The Labute approximate surface area is 245 Å². The number of ether oxygens (including phenoxy) is 1. The van der Waals surface area contributed by atoms with Gasteiger partial charge in [-0.05, 0) is 47.9 Å². The lowest BCUT2D eigenvalue weighted by Crippen LogP contribution is -2.53. The molecule has 0 spiro atoms. The van der Waals surface area contributed by atoms with Crippen molar-refractivity contribution in [3.05, 3.63) is 94.0 Å². The summed E-state index contributed by atoms with van der Waals surface area (Å²) in [5.74, 6) is -0.696. The van der Waals surface area contributed by atoms with E-state index in [2.05, 4.69) is 5.32 Å². The first-order valence-corrected chi connectivity index (χ1v) is 15.3. The van der Waals surface area contributed by atoms with Gasteiger partial charge in [0.25, 0.3) is 0 Å². The standard InChI is InChI=1S/C29H33Cl2N3O5S/c1-4-15-32-29(36)26(17-21-9-6-5-7-10-21)33(19-22-11-8-12-23(30)16-22)28(35)20-34(40(3,37)38)25-18-24(31)13-14-27(25)39-2/h5-14,16,18,26H,4,15,17,19-20H2,1-3H3,(H,32,36). The van der Waals surface area contributed by atoms with Gasteiger partial charge < -0.3 is 15.0 Å². The number of amides is 2. The Morgan fingerprint density at radius 2 is 1.62 bits per heavy atom. The van der Waals surface area contributed by atoms with Crippen molar-refractivity contribution in [2.75, 3.05) is 30.8 Å². The molecule has 0 aliphatic carbocycles. The van der Waals surface area contributed by atoms with Gasteiger partial charge >= 0.3 is 0 Å². The van der Waals surface area contributed by atoms with Gasteiger partial charge in [0, 0.05) is 29.6 Å². The van der Waals surface area contributed by atoms with Crippen molar-refractivity contribution in [3.8, 4) is 5.75 Å². The molecule has 0 heterocycles. The summed E-state index contributed by atoms with van der Waals surface area (Å²) >= 11 is 12.4. The van der Waals surface area contributed by atoms with Crippen LogP contribution in [0.2, 0.25) is 10.0 Å². The second-order valence-corrected chi connectivity index (χ2v) is 12.0. The molecule has 0 saturated carbocycles. The fourth-order valence-electron chi connectivity index (χ4n) is 4.20. The number of methoxy groups -OCH3 is 1. The predicted molar refractivity (Wildman–Crippen MR) is 159 cm³/mol. The maximum atomic E-state index is 14.1. The average molecular weight is 607 g/mol. The molecule has 0 aromatic heterocycles. The largest absolute Gasteiger partial charge is 0.495 e. The number of nitrogens with zero attached hydrogens (tertiary/aromatic N) is 2. The van der Waals surface area contributed by atoms with Crippen molar-refractivity contribution >= 4 is 50.7 Å². The van der Waals surface area contributed by atoms with Crippen molar-refractivity contribution in [2.24, 2.45) is 0 Å². The molecular formula is C29H33Cl2N3O5S. The summed E-state index contributed by atoms with van der Waals surface area (Å²) in [4.78, 5) is 29.0. The third-order valence-corrected chi connectivity index (χ3v) is 7.75. The summed E-state index contributed by atoms with van der Waals surface area (Å²) in [6, 6.07) is 19.9. The summed E-state index contributed by atoms with van der Waals surface area (Å²) in [6.45, 7) is 1.81. The number of hydrogen-bond donors (Lipinski definition) is 1. The first-order valence-electron chi connectivity index (χ1n) is 12.7. The highest BCUT2D eigenvalue weighted by Crippen LogP contribution is 2.33. The van der Waals surface area contributed by atoms with Crippen LogP contribution in [-0.4, -0.2) is 57.6 Å². The van der Waals surface area contributed by atoms with Crippen molar-refractivity contribution in [3.63, 3.8) is 0 Å². The Bertz CT molecular complexity index is 1420.